The molecule has 2 aromatic carbocycles. The predicted molar refractivity (Wildman–Crippen MR) is 105 cm³/mol. The first-order valence-electron chi connectivity index (χ1n) is 8.39. The zero-order chi connectivity index (χ0) is 20.9. The average molecular weight is 427 g/mol. The van der Waals surface area contributed by atoms with E-state index in [1.54, 1.807) is 12.1 Å². The molecule has 10 heteroatoms. The number of nitro groups is 1. The van der Waals surface area contributed by atoms with E-state index in [1.165, 1.54) is 37.3 Å². The first-order chi connectivity index (χ1) is 13.2. The zero-order valence-electron chi connectivity index (χ0n) is 15.2. The van der Waals surface area contributed by atoms with Crippen LogP contribution in [0.25, 0.3) is 0 Å². The van der Waals surface area contributed by atoms with Crippen LogP contribution in [0.3, 0.4) is 0 Å². The number of sulfonamides is 1. The molecule has 1 atom stereocenters. The zero-order valence-corrected chi connectivity index (χ0v) is 16.8. The fourth-order valence-electron chi connectivity index (χ4n) is 2.44. The number of nitro benzene ring substituents is 1. The Morgan fingerprint density at radius 3 is 2.43 bits per heavy atom. The molecule has 0 heterocycles. The highest BCUT2D eigenvalue weighted by Gasteiger charge is 2.33. The molecule has 0 N–H and O–H groups in total. The van der Waals surface area contributed by atoms with Crippen LogP contribution in [0.1, 0.15) is 20.3 Å². The molecule has 28 heavy (non-hydrogen) atoms. The molecule has 0 saturated carbocycles. The summed E-state index contributed by atoms with van der Waals surface area (Å²) in [5.41, 5.74) is -0.203. The standard InChI is InChI=1S/C18H19ClN2O6S/c1-3-11-27-16-9-7-14(8-10-16)20(13(2)18(19)22)28(25,26)17-6-4-5-15(12-17)21(23)24/h4-10,12-13H,3,11H2,1-2H3. The molecule has 0 aliphatic carbocycles. The molecule has 0 fully saturated rings. The minimum Gasteiger partial charge on any atom is -0.494 e. The second-order valence-electron chi connectivity index (χ2n) is 5.88. The van der Waals surface area contributed by atoms with Gasteiger partial charge in [-0.1, -0.05) is 13.0 Å². The molecule has 0 amide bonds. The van der Waals surface area contributed by atoms with Crippen molar-refractivity contribution in [2.24, 2.45) is 0 Å². The number of benzene rings is 2. The molecule has 150 valence electrons. The third-order valence-corrected chi connectivity index (χ3v) is 6.04. The van der Waals surface area contributed by atoms with Gasteiger partial charge in [-0.15, -0.1) is 0 Å². The van der Waals surface area contributed by atoms with Crippen LogP contribution in [-0.2, 0) is 14.8 Å². The number of nitrogens with zero attached hydrogens (tertiary/aromatic N) is 2. The fraction of sp³-hybridized carbons (Fsp3) is 0.278. The van der Waals surface area contributed by atoms with Crippen molar-refractivity contribution in [3.05, 3.63) is 58.6 Å². The van der Waals surface area contributed by atoms with Gasteiger partial charge in [-0.05, 0) is 55.3 Å². The number of carbonyl (C=O) groups is 1. The van der Waals surface area contributed by atoms with E-state index in [4.69, 9.17) is 16.3 Å². The van der Waals surface area contributed by atoms with Crippen LogP contribution >= 0.6 is 11.6 Å². The normalized spacial score (nSPS) is 12.2. The van der Waals surface area contributed by atoms with Crippen molar-refractivity contribution in [3.63, 3.8) is 0 Å². The van der Waals surface area contributed by atoms with Crippen LogP contribution in [-0.4, -0.2) is 31.2 Å². The van der Waals surface area contributed by atoms with E-state index in [2.05, 4.69) is 0 Å². The highest BCUT2D eigenvalue weighted by atomic mass is 35.5. The number of halogens is 1. The lowest BCUT2D eigenvalue weighted by Crippen LogP contribution is -2.42. The smallest absolute Gasteiger partial charge is 0.270 e. The average Bonchev–Trinajstić information content (AvgIpc) is 2.67. The maximum absolute atomic E-state index is 13.2. The Morgan fingerprint density at radius 1 is 1.25 bits per heavy atom. The molecule has 0 saturated heterocycles. The van der Waals surface area contributed by atoms with Crippen LogP contribution < -0.4 is 9.04 Å². The van der Waals surface area contributed by atoms with Gasteiger partial charge in [-0.2, -0.15) is 0 Å². The Morgan fingerprint density at radius 2 is 1.89 bits per heavy atom. The SMILES string of the molecule is CCCOc1ccc(N(C(C)C(=O)Cl)S(=O)(=O)c2cccc([N+](=O)[O-])c2)cc1. The van der Waals surface area contributed by atoms with Crippen LogP contribution in [0.2, 0.25) is 0 Å². The lowest BCUT2D eigenvalue weighted by Gasteiger charge is -2.28. The number of carbonyl (C=O) groups excluding carboxylic acids is 1. The van der Waals surface area contributed by atoms with Crippen molar-refractivity contribution in [1.82, 2.24) is 0 Å². The summed E-state index contributed by atoms with van der Waals surface area (Å²) in [4.78, 5) is 21.7. The van der Waals surface area contributed by atoms with Crippen molar-refractivity contribution in [1.29, 1.82) is 0 Å². The van der Waals surface area contributed by atoms with Gasteiger partial charge in [0.05, 0.1) is 22.1 Å². The first kappa shape index (κ1) is 21.6. The molecular weight excluding hydrogens is 408 g/mol. The van der Waals surface area contributed by atoms with Crippen LogP contribution in [0, 0.1) is 10.1 Å². The van der Waals surface area contributed by atoms with Gasteiger partial charge in [0.1, 0.15) is 11.8 Å². The second kappa shape index (κ2) is 9.03. The van der Waals surface area contributed by atoms with Crippen LogP contribution in [0.5, 0.6) is 5.75 Å². The minimum absolute atomic E-state index is 0.178. The summed E-state index contributed by atoms with van der Waals surface area (Å²) in [6.07, 6.45) is 0.812. The van der Waals surface area contributed by atoms with E-state index < -0.39 is 26.2 Å². The topological polar surface area (TPSA) is 107 Å². The monoisotopic (exact) mass is 426 g/mol. The van der Waals surface area contributed by atoms with Crippen molar-refractivity contribution >= 4 is 38.2 Å². The van der Waals surface area contributed by atoms with Crippen molar-refractivity contribution in [3.8, 4) is 5.75 Å². The number of non-ortho nitro benzene ring substituents is 1. The van der Waals surface area contributed by atoms with Gasteiger partial charge in [-0.3, -0.25) is 19.2 Å². The molecular formula is C18H19ClN2O6S. The number of hydrogen-bond donors (Lipinski definition) is 0. The lowest BCUT2D eigenvalue weighted by molar-refractivity contribution is -0.385. The maximum atomic E-state index is 13.2. The summed E-state index contributed by atoms with van der Waals surface area (Å²) < 4.78 is 32.7. The lowest BCUT2D eigenvalue weighted by atomic mass is 10.2. The number of rotatable bonds is 9. The van der Waals surface area contributed by atoms with Gasteiger partial charge in [-0.25, -0.2) is 8.42 Å². The highest BCUT2D eigenvalue weighted by molar-refractivity contribution is 7.93. The fourth-order valence-corrected chi connectivity index (χ4v) is 4.26. The molecule has 0 bridgehead atoms. The summed E-state index contributed by atoms with van der Waals surface area (Å²) in [7, 11) is -4.30. The van der Waals surface area contributed by atoms with Crippen LogP contribution in [0.15, 0.2) is 53.4 Å². The third-order valence-electron chi connectivity index (χ3n) is 3.83. The summed E-state index contributed by atoms with van der Waals surface area (Å²) in [5, 5.41) is 10.1. The third kappa shape index (κ3) is 4.79. The van der Waals surface area contributed by atoms with E-state index in [0.29, 0.717) is 12.4 Å². The van der Waals surface area contributed by atoms with Gasteiger partial charge < -0.3 is 4.74 Å². The summed E-state index contributed by atoms with van der Waals surface area (Å²) in [6.45, 7) is 3.80. The predicted octanol–water partition coefficient (Wildman–Crippen LogP) is 3.73. The Balaban J connectivity index is 2.52. The van der Waals surface area contributed by atoms with E-state index in [9.17, 15) is 23.3 Å². The molecule has 2 aromatic rings. The van der Waals surface area contributed by atoms with E-state index in [-0.39, 0.29) is 16.3 Å². The number of ether oxygens (including phenoxy) is 1. The minimum atomic E-state index is -4.30. The summed E-state index contributed by atoms with van der Waals surface area (Å²) >= 11 is 5.57. The highest BCUT2D eigenvalue weighted by Crippen LogP contribution is 2.30. The molecule has 0 aliphatic heterocycles. The Hall–Kier alpha value is -2.65. The van der Waals surface area contributed by atoms with Gasteiger partial charge in [0.15, 0.2) is 0 Å². The summed E-state index contributed by atoms with van der Waals surface area (Å²) in [5.74, 6) is 0.545. The molecule has 0 spiro atoms. The Labute approximate surface area is 167 Å². The van der Waals surface area contributed by atoms with E-state index in [0.717, 1.165) is 16.8 Å². The number of anilines is 1. The van der Waals surface area contributed by atoms with Gasteiger partial charge >= 0.3 is 0 Å². The molecule has 1 unspecified atom stereocenters. The van der Waals surface area contributed by atoms with Gasteiger partial charge in [0, 0.05) is 12.1 Å². The van der Waals surface area contributed by atoms with E-state index in [1.807, 2.05) is 6.92 Å². The molecule has 8 nitrogen and oxygen atoms in total. The van der Waals surface area contributed by atoms with Crippen LogP contribution in [0.4, 0.5) is 11.4 Å². The largest absolute Gasteiger partial charge is 0.494 e. The van der Waals surface area contributed by atoms with Crippen molar-refractivity contribution < 1.29 is 22.9 Å². The summed E-state index contributed by atoms with van der Waals surface area (Å²) in [6, 6.07) is 9.49. The molecule has 0 aromatic heterocycles. The Kier molecular flexibility index (Phi) is 6.98. The van der Waals surface area contributed by atoms with E-state index >= 15 is 0 Å². The molecule has 0 aliphatic rings. The maximum Gasteiger partial charge on any atom is 0.270 e. The molecule has 0 radical (unpaired) electrons. The Bertz CT molecular complexity index is 962. The number of hydrogen-bond acceptors (Lipinski definition) is 6. The first-order valence-corrected chi connectivity index (χ1v) is 10.2. The van der Waals surface area contributed by atoms with Gasteiger partial charge in [0.25, 0.3) is 15.7 Å². The van der Waals surface area contributed by atoms with Crippen molar-refractivity contribution in [2.45, 2.75) is 31.2 Å². The quantitative estimate of drug-likeness (QED) is 0.343. The molecule has 2 rings (SSSR count). The van der Waals surface area contributed by atoms with Crippen molar-refractivity contribution in [2.75, 3.05) is 10.9 Å². The van der Waals surface area contributed by atoms with Gasteiger partial charge in [0.2, 0.25) is 5.24 Å². The second-order valence-corrected chi connectivity index (χ2v) is 8.07.